The summed E-state index contributed by atoms with van der Waals surface area (Å²) >= 11 is 6.07. The number of hydrogen-bond donors (Lipinski definition) is 2. The summed E-state index contributed by atoms with van der Waals surface area (Å²) in [6, 6.07) is 5.41. The van der Waals surface area contributed by atoms with Gasteiger partial charge in [-0.05, 0) is 58.0 Å². The molecular weight excluding hydrogens is 342 g/mol. The van der Waals surface area contributed by atoms with E-state index in [1.165, 1.54) is 0 Å². The van der Waals surface area contributed by atoms with Crippen LogP contribution < -0.4 is 20.3 Å². The van der Waals surface area contributed by atoms with Gasteiger partial charge in [-0.25, -0.2) is 0 Å². The highest BCUT2D eigenvalue weighted by molar-refractivity contribution is 6.31. The number of anilines is 1. The quantitative estimate of drug-likeness (QED) is 0.857. The van der Waals surface area contributed by atoms with Crippen LogP contribution in [0, 0.1) is 0 Å². The van der Waals surface area contributed by atoms with Gasteiger partial charge in [0, 0.05) is 24.0 Å². The van der Waals surface area contributed by atoms with E-state index < -0.39 is 5.60 Å². The van der Waals surface area contributed by atoms with Crippen LogP contribution in [0.5, 0.6) is 5.75 Å². The molecule has 1 fully saturated rings. The molecule has 0 spiro atoms. The summed E-state index contributed by atoms with van der Waals surface area (Å²) < 4.78 is 5.79. The number of halogens is 1. The van der Waals surface area contributed by atoms with Crippen molar-refractivity contribution in [1.29, 1.82) is 0 Å². The largest absolute Gasteiger partial charge is 0.476 e. The van der Waals surface area contributed by atoms with E-state index in [0.29, 0.717) is 23.0 Å². The molecule has 1 aromatic carbocycles. The van der Waals surface area contributed by atoms with Gasteiger partial charge in [-0.3, -0.25) is 9.59 Å². The van der Waals surface area contributed by atoms with Gasteiger partial charge in [0.05, 0.1) is 5.69 Å². The molecule has 7 heteroatoms. The van der Waals surface area contributed by atoms with Crippen LogP contribution in [0.25, 0.3) is 0 Å². The van der Waals surface area contributed by atoms with Crippen LogP contribution in [0.3, 0.4) is 0 Å². The Morgan fingerprint density at radius 3 is 2.84 bits per heavy atom. The number of carbonyl (C=O) groups excluding carboxylic acids is 2. The molecule has 0 radical (unpaired) electrons. The fourth-order valence-corrected chi connectivity index (χ4v) is 3.41. The molecule has 2 aliphatic rings. The maximum Gasteiger partial charge on any atom is 0.270 e. The molecule has 0 aliphatic carbocycles. The topological polar surface area (TPSA) is 70.7 Å². The molecule has 2 N–H and O–H groups in total. The molecular formula is C18H24ClN3O3. The first kappa shape index (κ1) is 18.0. The first-order valence-corrected chi connectivity index (χ1v) is 9.05. The smallest absolute Gasteiger partial charge is 0.270 e. The second kappa shape index (κ2) is 7.22. The third kappa shape index (κ3) is 4.07. The van der Waals surface area contributed by atoms with E-state index in [-0.39, 0.29) is 24.3 Å². The van der Waals surface area contributed by atoms with Gasteiger partial charge in [0.15, 0.2) is 5.60 Å². The highest BCUT2D eigenvalue weighted by atomic mass is 35.5. The van der Waals surface area contributed by atoms with Crippen LogP contribution in [0.1, 0.15) is 33.1 Å². The average molecular weight is 366 g/mol. The molecule has 136 valence electrons. The Hall–Kier alpha value is -1.79. The first-order chi connectivity index (χ1) is 11.9. The molecule has 2 amide bonds. The summed E-state index contributed by atoms with van der Waals surface area (Å²) in [6.45, 7) is 5.61. The second-order valence-electron chi connectivity index (χ2n) is 7.02. The molecule has 0 aromatic heterocycles. The van der Waals surface area contributed by atoms with E-state index in [1.54, 1.807) is 36.9 Å². The lowest BCUT2D eigenvalue weighted by Crippen LogP contribution is -2.53. The molecule has 2 aliphatic heterocycles. The number of hydrogen-bond acceptors (Lipinski definition) is 4. The maximum absolute atomic E-state index is 12.7. The standard InChI is InChI=1S/C18H24ClN3O3/c1-18(2)17(24)22(14-11-12(19)3-4-15(14)25-18)10-7-16(23)21-13-5-8-20-9-6-13/h3-4,11,13,20H,5-10H2,1-2H3,(H,21,23). The van der Waals surface area contributed by atoms with Crippen LogP contribution in [0.4, 0.5) is 5.69 Å². The van der Waals surface area contributed by atoms with Crippen LogP contribution in [0.15, 0.2) is 18.2 Å². The van der Waals surface area contributed by atoms with E-state index in [1.807, 2.05) is 0 Å². The van der Waals surface area contributed by atoms with E-state index in [2.05, 4.69) is 10.6 Å². The normalized spacial score (nSPS) is 20.0. The highest BCUT2D eigenvalue weighted by Gasteiger charge is 2.41. The van der Waals surface area contributed by atoms with Crippen molar-refractivity contribution in [2.24, 2.45) is 0 Å². The SMILES string of the molecule is CC1(C)Oc2ccc(Cl)cc2N(CCC(=O)NC2CCNCC2)C1=O. The number of benzene rings is 1. The number of rotatable bonds is 4. The molecule has 1 saturated heterocycles. The summed E-state index contributed by atoms with van der Waals surface area (Å²) in [5, 5.41) is 6.85. The third-order valence-electron chi connectivity index (χ3n) is 4.60. The van der Waals surface area contributed by atoms with Gasteiger partial charge in [-0.2, -0.15) is 0 Å². The van der Waals surface area contributed by atoms with Crippen molar-refractivity contribution >= 4 is 29.1 Å². The fraction of sp³-hybridized carbons (Fsp3) is 0.556. The molecule has 25 heavy (non-hydrogen) atoms. The minimum absolute atomic E-state index is 0.0347. The summed E-state index contributed by atoms with van der Waals surface area (Å²) in [4.78, 5) is 26.6. The molecule has 0 atom stereocenters. The Morgan fingerprint density at radius 2 is 2.12 bits per heavy atom. The summed E-state index contributed by atoms with van der Waals surface area (Å²) in [5.41, 5.74) is -0.349. The van der Waals surface area contributed by atoms with Crippen molar-refractivity contribution in [1.82, 2.24) is 10.6 Å². The van der Waals surface area contributed by atoms with Crippen molar-refractivity contribution in [2.75, 3.05) is 24.5 Å². The molecule has 2 heterocycles. The van der Waals surface area contributed by atoms with Crippen LogP contribution in [0.2, 0.25) is 5.02 Å². The van der Waals surface area contributed by atoms with Crippen molar-refractivity contribution in [3.05, 3.63) is 23.2 Å². The summed E-state index contributed by atoms with van der Waals surface area (Å²) in [5.74, 6) is 0.400. The minimum atomic E-state index is -0.966. The second-order valence-corrected chi connectivity index (χ2v) is 7.46. The lowest BCUT2D eigenvalue weighted by Gasteiger charge is -2.38. The van der Waals surface area contributed by atoms with Crippen LogP contribution in [-0.2, 0) is 9.59 Å². The van der Waals surface area contributed by atoms with Gasteiger partial charge in [0.25, 0.3) is 5.91 Å². The Bertz CT molecular complexity index is 672. The van der Waals surface area contributed by atoms with E-state index in [9.17, 15) is 9.59 Å². The van der Waals surface area contributed by atoms with Gasteiger partial charge < -0.3 is 20.3 Å². The molecule has 1 aromatic rings. The predicted molar refractivity (Wildman–Crippen MR) is 97.2 cm³/mol. The number of nitrogens with zero attached hydrogens (tertiary/aromatic N) is 1. The van der Waals surface area contributed by atoms with Crippen LogP contribution >= 0.6 is 11.6 Å². The molecule has 6 nitrogen and oxygen atoms in total. The minimum Gasteiger partial charge on any atom is -0.476 e. The number of piperidine rings is 1. The molecule has 0 unspecified atom stereocenters. The zero-order chi connectivity index (χ0) is 18.0. The van der Waals surface area contributed by atoms with Crippen LogP contribution in [-0.4, -0.2) is 43.1 Å². The molecule has 3 rings (SSSR count). The average Bonchev–Trinajstić information content (AvgIpc) is 2.57. The van der Waals surface area contributed by atoms with Gasteiger partial charge in [-0.1, -0.05) is 11.6 Å². The highest BCUT2D eigenvalue weighted by Crippen LogP contribution is 2.39. The maximum atomic E-state index is 12.7. The zero-order valence-electron chi connectivity index (χ0n) is 14.6. The van der Waals surface area contributed by atoms with Gasteiger partial charge in [-0.15, -0.1) is 0 Å². The van der Waals surface area contributed by atoms with E-state index in [4.69, 9.17) is 16.3 Å². The monoisotopic (exact) mass is 365 g/mol. The summed E-state index contributed by atoms with van der Waals surface area (Å²) in [7, 11) is 0. The van der Waals surface area contributed by atoms with Crippen molar-refractivity contribution in [3.63, 3.8) is 0 Å². The fourth-order valence-electron chi connectivity index (χ4n) is 3.24. The molecule has 0 saturated carbocycles. The number of fused-ring (bicyclic) bond motifs is 1. The zero-order valence-corrected chi connectivity index (χ0v) is 15.4. The summed E-state index contributed by atoms with van der Waals surface area (Å²) in [6.07, 6.45) is 2.12. The third-order valence-corrected chi connectivity index (χ3v) is 4.84. The van der Waals surface area contributed by atoms with E-state index >= 15 is 0 Å². The number of nitrogens with one attached hydrogen (secondary N) is 2. The van der Waals surface area contributed by atoms with Gasteiger partial charge in [0.1, 0.15) is 5.75 Å². The Morgan fingerprint density at radius 1 is 1.40 bits per heavy atom. The lowest BCUT2D eigenvalue weighted by molar-refractivity contribution is -0.132. The first-order valence-electron chi connectivity index (χ1n) is 8.67. The Labute approximate surface area is 152 Å². The Kier molecular flexibility index (Phi) is 5.20. The predicted octanol–water partition coefficient (Wildman–Crippen LogP) is 2.10. The number of amides is 2. The van der Waals surface area contributed by atoms with Crippen molar-refractivity contribution < 1.29 is 14.3 Å². The molecule has 0 bridgehead atoms. The van der Waals surface area contributed by atoms with Gasteiger partial charge in [0.2, 0.25) is 5.91 Å². The number of carbonyl (C=O) groups is 2. The van der Waals surface area contributed by atoms with Gasteiger partial charge >= 0.3 is 0 Å². The van der Waals surface area contributed by atoms with Crippen molar-refractivity contribution in [2.45, 2.75) is 44.8 Å². The van der Waals surface area contributed by atoms with E-state index in [0.717, 1.165) is 25.9 Å². The number of ether oxygens (including phenoxy) is 1. The Balaban J connectivity index is 1.69. The van der Waals surface area contributed by atoms with Crippen molar-refractivity contribution in [3.8, 4) is 5.75 Å². The lowest BCUT2D eigenvalue weighted by atomic mass is 10.0.